The molecule has 0 amide bonds. The van der Waals surface area contributed by atoms with E-state index in [1.807, 2.05) is 37.1 Å². The Bertz CT molecular complexity index is 462. The molecule has 0 bridgehead atoms. The van der Waals surface area contributed by atoms with Crippen LogP contribution in [0.1, 0.15) is 5.56 Å². The van der Waals surface area contributed by atoms with Crippen molar-refractivity contribution in [3.05, 3.63) is 28.9 Å². The van der Waals surface area contributed by atoms with Crippen molar-refractivity contribution >= 4 is 22.5 Å². The van der Waals surface area contributed by atoms with Crippen molar-refractivity contribution in [3.63, 3.8) is 0 Å². The molecule has 3 nitrogen and oxygen atoms in total. The molecule has 0 atom stereocenters. The van der Waals surface area contributed by atoms with Gasteiger partial charge in [0.1, 0.15) is 0 Å². The maximum Gasteiger partial charge on any atom is 0.0725 e. The molecule has 1 aromatic heterocycles. The van der Waals surface area contributed by atoms with Crippen LogP contribution in [0.25, 0.3) is 10.9 Å². The van der Waals surface area contributed by atoms with Crippen molar-refractivity contribution in [2.45, 2.75) is 6.54 Å². The summed E-state index contributed by atoms with van der Waals surface area (Å²) in [4.78, 5) is 0. The Morgan fingerprint density at radius 3 is 3.00 bits per heavy atom. The van der Waals surface area contributed by atoms with Crippen molar-refractivity contribution in [3.8, 4) is 0 Å². The lowest BCUT2D eigenvalue weighted by Crippen LogP contribution is -2.07. The van der Waals surface area contributed by atoms with Gasteiger partial charge in [0.2, 0.25) is 0 Å². The third-order valence-electron chi connectivity index (χ3n) is 2.24. The van der Waals surface area contributed by atoms with Gasteiger partial charge in [-0.05, 0) is 24.7 Å². The molecule has 0 fully saturated rings. The van der Waals surface area contributed by atoms with Crippen LogP contribution in [0.5, 0.6) is 0 Å². The molecule has 0 radical (unpaired) electrons. The molecule has 1 aromatic carbocycles. The number of hydrogen-bond acceptors (Lipinski definition) is 2. The Morgan fingerprint density at radius 2 is 2.29 bits per heavy atom. The van der Waals surface area contributed by atoms with E-state index in [9.17, 15) is 0 Å². The van der Waals surface area contributed by atoms with Crippen LogP contribution in [-0.2, 0) is 13.6 Å². The van der Waals surface area contributed by atoms with E-state index in [-0.39, 0.29) is 0 Å². The van der Waals surface area contributed by atoms with E-state index >= 15 is 0 Å². The lowest BCUT2D eigenvalue weighted by atomic mass is 10.1. The quantitative estimate of drug-likeness (QED) is 0.820. The molecule has 0 unspecified atom stereocenters. The minimum absolute atomic E-state index is 0.760. The van der Waals surface area contributed by atoms with E-state index in [1.54, 1.807) is 0 Å². The summed E-state index contributed by atoms with van der Waals surface area (Å²) in [6.45, 7) is 0.802. The number of nitrogens with one attached hydrogen (secondary N) is 1. The Kier molecular flexibility index (Phi) is 2.44. The third-order valence-corrected chi connectivity index (χ3v) is 2.46. The van der Waals surface area contributed by atoms with Crippen LogP contribution in [0.4, 0.5) is 0 Å². The Balaban J connectivity index is 2.70. The molecule has 0 aliphatic carbocycles. The summed E-state index contributed by atoms with van der Waals surface area (Å²) in [6.07, 6.45) is 1.83. The molecule has 74 valence electrons. The predicted molar refractivity (Wildman–Crippen MR) is 58.5 cm³/mol. The minimum atomic E-state index is 0.760. The lowest BCUT2D eigenvalue weighted by molar-refractivity contribution is 0.774. The molecule has 0 aliphatic rings. The molecule has 4 heteroatoms. The summed E-state index contributed by atoms with van der Waals surface area (Å²) in [5.74, 6) is 0. The minimum Gasteiger partial charge on any atom is -0.316 e. The first-order valence-electron chi connectivity index (χ1n) is 4.47. The normalized spacial score (nSPS) is 11.1. The van der Waals surface area contributed by atoms with Gasteiger partial charge in [-0.2, -0.15) is 5.10 Å². The molecular weight excluding hydrogens is 198 g/mol. The van der Waals surface area contributed by atoms with Crippen LogP contribution in [-0.4, -0.2) is 16.8 Å². The summed E-state index contributed by atoms with van der Waals surface area (Å²) in [6, 6.07) is 3.91. The monoisotopic (exact) mass is 209 g/mol. The first-order valence-corrected chi connectivity index (χ1v) is 4.85. The summed E-state index contributed by atoms with van der Waals surface area (Å²) in [7, 11) is 3.86. The molecule has 14 heavy (non-hydrogen) atoms. The molecule has 0 spiro atoms. The third kappa shape index (κ3) is 1.49. The lowest BCUT2D eigenvalue weighted by Gasteiger charge is -2.05. The zero-order valence-electron chi connectivity index (χ0n) is 8.21. The summed E-state index contributed by atoms with van der Waals surface area (Å²) < 4.78 is 1.87. The van der Waals surface area contributed by atoms with Crippen LogP contribution < -0.4 is 5.32 Å². The largest absolute Gasteiger partial charge is 0.316 e. The number of rotatable bonds is 2. The number of nitrogens with zero attached hydrogens (tertiary/aromatic N) is 2. The fourth-order valence-electron chi connectivity index (χ4n) is 1.70. The number of aryl methyl sites for hydroxylation is 1. The fourth-order valence-corrected chi connectivity index (χ4v) is 1.95. The van der Waals surface area contributed by atoms with Crippen LogP contribution >= 0.6 is 11.6 Å². The number of fused-ring (bicyclic) bond motifs is 1. The maximum atomic E-state index is 6.00. The van der Waals surface area contributed by atoms with E-state index in [1.165, 1.54) is 5.56 Å². The summed E-state index contributed by atoms with van der Waals surface area (Å²) in [5.41, 5.74) is 2.32. The van der Waals surface area contributed by atoms with Gasteiger partial charge in [-0.1, -0.05) is 11.6 Å². The van der Waals surface area contributed by atoms with Crippen molar-refractivity contribution in [1.82, 2.24) is 15.1 Å². The standard InChI is InChI=1S/C10H12ClN3/c1-12-5-7-3-9(11)4-8-6-13-14(2)10(7)8/h3-4,6,12H,5H2,1-2H3. The Labute approximate surface area is 87.7 Å². The van der Waals surface area contributed by atoms with E-state index in [4.69, 9.17) is 11.6 Å². The second-order valence-electron chi connectivity index (χ2n) is 3.30. The average Bonchev–Trinajstić information content (AvgIpc) is 2.48. The first-order chi connectivity index (χ1) is 6.72. The topological polar surface area (TPSA) is 29.9 Å². The number of halogens is 1. The van der Waals surface area contributed by atoms with Crippen LogP contribution in [0, 0.1) is 0 Å². The second kappa shape index (κ2) is 3.59. The number of aromatic nitrogens is 2. The van der Waals surface area contributed by atoms with Gasteiger partial charge in [0, 0.05) is 24.0 Å². The maximum absolute atomic E-state index is 6.00. The van der Waals surface area contributed by atoms with E-state index in [0.29, 0.717) is 0 Å². The van der Waals surface area contributed by atoms with Gasteiger partial charge < -0.3 is 5.32 Å². The highest BCUT2D eigenvalue weighted by Gasteiger charge is 2.06. The van der Waals surface area contributed by atoms with Crippen molar-refractivity contribution < 1.29 is 0 Å². The van der Waals surface area contributed by atoms with Gasteiger partial charge >= 0.3 is 0 Å². The Morgan fingerprint density at radius 1 is 1.50 bits per heavy atom. The van der Waals surface area contributed by atoms with Crippen LogP contribution in [0.2, 0.25) is 5.02 Å². The number of benzene rings is 1. The van der Waals surface area contributed by atoms with Gasteiger partial charge in [-0.25, -0.2) is 0 Å². The smallest absolute Gasteiger partial charge is 0.0725 e. The average molecular weight is 210 g/mol. The second-order valence-corrected chi connectivity index (χ2v) is 3.74. The first kappa shape index (κ1) is 9.49. The summed E-state index contributed by atoms with van der Waals surface area (Å²) >= 11 is 6.00. The van der Waals surface area contributed by atoms with Crippen molar-refractivity contribution in [1.29, 1.82) is 0 Å². The van der Waals surface area contributed by atoms with E-state index in [0.717, 1.165) is 22.5 Å². The molecular formula is C10H12ClN3. The van der Waals surface area contributed by atoms with Gasteiger partial charge in [-0.3, -0.25) is 4.68 Å². The van der Waals surface area contributed by atoms with Crippen LogP contribution in [0.3, 0.4) is 0 Å². The SMILES string of the molecule is CNCc1cc(Cl)cc2cnn(C)c12. The Hall–Kier alpha value is -1.06. The highest BCUT2D eigenvalue weighted by Crippen LogP contribution is 2.23. The van der Waals surface area contributed by atoms with Crippen LogP contribution in [0.15, 0.2) is 18.3 Å². The highest BCUT2D eigenvalue weighted by atomic mass is 35.5. The summed E-state index contributed by atoms with van der Waals surface area (Å²) in [5, 5.41) is 9.18. The molecule has 1 heterocycles. The predicted octanol–water partition coefficient (Wildman–Crippen LogP) is 1.95. The zero-order chi connectivity index (χ0) is 10.1. The van der Waals surface area contributed by atoms with Gasteiger partial charge in [-0.15, -0.1) is 0 Å². The zero-order valence-corrected chi connectivity index (χ0v) is 8.97. The molecule has 2 rings (SSSR count). The molecule has 0 saturated heterocycles. The molecule has 2 aromatic rings. The van der Waals surface area contributed by atoms with Crippen molar-refractivity contribution in [2.24, 2.45) is 7.05 Å². The van der Waals surface area contributed by atoms with Gasteiger partial charge in [0.25, 0.3) is 0 Å². The van der Waals surface area contributed by atoms with Crippen molar-refractivity contribution in [2.75, 3.05) is 7.05 Å². The number of hydrogen-bond donors (Lipinski definition) is 1. The van der Waals surface area contributed by atoms with Gasteiger partial charge in [0.15, 0.2) is 0 Å². The van der Waals surface area contributed by atoms with E-state index in [2.05, 4.69) is 10.4 Å². The molecule has 1 N–H and O–H groups in total. The molecule has 0 aliphatic heterocycles. The fraction of sp³-hybridized carbons (Fsp3) is 0.300. The van der Waals surface area contributed by atoms with E-state index < -0.39 is 0 Å². The molecule has 0 saturated carbocycles. The highest BCUT2D eigenvalue weighted by molar-refractivity contribution is 6.31. The van der Waals surface area contributed by atoms with Gasteiger partial charge in [0.05, 0.1) is 11.7 Å².